The van der Waals surface area contributed by atoms with Gasteiger partial charge in [-0.15, -0.1) is 0 Å². The molecule has 1 aliphatic heterocycles. The molecule has 1 heterocycles. The summed E-state index contributed by atoms with van der Waals surface area (Å²) in [6.07, 6.45) is 4.47. The first-order valence-corrected chi connectivity index (χ1v) is 6.62. The van der Waals surface area contributed by atoms with Gasteiger partial charge in [-0.3, -0.25) is 0 Å². The number of fused-ring (bicyclic) bond motifs is 1. The summed E-state index contributed by atoms with van der Waals surface area (Å²) in [5.74, 6) is 1.69. The molecule has 2 rings (SSSR count). The summed E-state index contributed by atoms with van der Waals surface area (Å²) in [4.78, 5) is 0. The van der Waals surface area contributed by atoms with Crippen molar-refractivity contribution in [3.63, 3.8) is 0 Å². The van der Waals surface area contributed by atoms with Gasteiger partial charge < -0.3 is 10.5 Å². The van der Waals surface area contributed by atoms with Crippen molar-refractivity contribution in [1.82, 2.24) is 0 Å². The molecule has 0 amide bonds. The van der Waals surface area contributed by atoms with E-state index in [4.69, 9.17) is 10.5 Å². The first-order chi connectivity index (χ1) is 8.13. The Morgan fingerprint density at radius 2 is 2.18 bits per heavy atom. The summed E-state index contributed by atoms with van der Waals surface area (Å²) in [7, 11) is 0. The molecule has 1 aliphatic rings. The van der Waals surface area contributed by atoms with Crippen LogP contribution in [0.25, 0.3) is 0 Å². The lowest BCUT2D eigenvalue weighted by molar-refractivity contribution is 0.163. The minimum atomic E-state index is -0.178. The highest BCUT2D eigenvalue weighted by molar-refractivity contribution is 5.36. The molecular weight excluding hydrogens is 210 g/mol. The Kier molecular flexibility index (Phi) is 3.72. The maximum absolute atomic E-state index is 6.48. The molecule has 2 atom stereocenters. The van der Waals surface area contributed by atoms with E-state index in [1.165, 1.54) is 18.4 Å². The van der Waals surface area contributed by atoms with E-state index in [0.29, 0.717) is 12.5 Å². The van der Waals surface area contributed by atoms with Gasteiger partial charge in [-0.05, 0) is 30.4 Å². The topological polar surface area (TPSA) is 35.2 Å². The number of ether oxygens (including phenoxy) is 1. The van der Waals surface area contributed by atoms with Gasteiger partial charge in [0.25, 0.3) is 0 Å². The van der Waals surface area contributed by atoms with E-state index in [-0.39, 0.29) is 5.54 Å². The van der Waals surface area contributed by atoms with Crippen molar-refractivity contribution in [2.45, 2.75) is 45.1 Å². The van der Waals surface area contributed by atoms with Crippen LogP contribution in [0.3, 0.4) is 0 Å². The monoisotopic (exact) mass is 233 g/mol. The number of benzene rings is 1. The summed E-state index contributed by atoms with van der Waals surface area (Å²) in [6, 6.07) is 8.23. The predicted octanol–water partition coefficient (Wildman–Crippen LogP) is 3.15. The predicted molar refractivity (Wildman–Crippen MR) is 71.2 cm³/mol. The average Bonchev–Trinajstić information content (AvgIpc) is 2.28. The number of para-hydroxylation sites is 1. The summed E-state index contributed by atoms with van der Waals surface area (Å²) in [6.45, 7) is 5.17. The zero-order valence-electron chi connectivity index (χ0n) is 10.9. The lowest BCUT2D eigenvalue weighted by Crippen LogP contribution is -2.51. The van der Waals surface area contributed by atoms with Crippen LogP contribution in [0.2, 0.25) is 0 Å². The van der Waals surface area contributed by atoms with Gasteiger partial charge in [-0.25, -0.2) is 0 Å². The van der Waals surface area contributed by atoms with Crippen LogP contribution in [0.4, 0.5) is 0 Å². The van der Waals surface area contributed by atoms with Crippen molar-refractivity contribution < 1.29 is 4.74 Å². The van der Waals surface area contributed by atoms with Crippen LogP contribution in [-0.2, 0) is 6.42 Å². The Morgan fingerprint density at radius 3 is 2.94 bits per heavy atom. The minimum Gasteiger partial charge on any atom is -0.491 e. The lowest BCUT2D eigenvalue weighted by atomic mass is 9.81. The molecule has 1 aromatic carbocycles. The number of nitrogens with two attached hydrogens (primary N) is 1. The largest absolute Gasteiger partial charge is 0.491 e. The molecule has 2 nitrogen and oxygen atoms in total. The first kappa shape index (κ1) is 12.4. The second-order valence-corrected chi connectivity index (χ2v) is 5.53. The molecule has 0 saturated heterocycles. The van der Waals surface area contributed by atoms with E-state index < -0.39 is 0 Å². The normalized spacial score (nSPS) is 24.9. The lowest BCUT2D eigenvalue weighted by Gasteiger charge is -2.36. The van der Waals surface area contributed by atoms with Gasteiger partial charge in [0.2, 0.25) is 0 Å². The van der Waals surface area contributed by atoms with Crippen molar-refractivity contribution in [3.05, 3.63) is 29.8 Å². The van der Waals surface area contributed by atoms with Crippen LogP contribution in [0.15, 0.2) is 24.3 Å². The van der Waals surface area contributed by atoms with Crippen LogP contribution < -0.4 is 10.5 Å². The molecule has 0 aliphatic carbocycles. The van der Waals surface area contributed by atoms with Crippen molar-refractivity contribution >= 4 is 0 Å². The van der Waals surface area contributed by atoms with Crippen molar-refractivity contribution in [2.75, 3.05) is 6.61 Å². The number of hydrogen-bond acceptors (Lipinski definition) is 2. The van der Waals surface area contributed by atoms with Gasteiger partial charge in [0.15, 0.2) is 0 Å². The standard InChI is InChI=1S/C15H23NO/c1-3-6-12(2)9-15(16)10-13-7-4-5-8-14(13)17-11-15/h4-5,7-8,12H,3,6,9-11,16H2,1-2H3. The number of hydrogen-bond donors (Lipinski definition) is 1. The van der Waals surface area contributed by atoms with Gasteiger partial charge in [0.05, 0.1) is 5.54 Å². The Morgan fingerprint density at radius 1 is 1.41 bits per heavy atom. The minimum absolute atomic E-state index is 0.178. The summed E-state index contributed by atoms with van der Waals surface area (Å²) >= 11 is 0. The average molecular weight is 233 g/mol. The van der Waals surface area contributed by atoms with Crippen LogP contribution in [0.5, 0.6) is 5.75 Å². The molecule has 0 fully saturated rings. The SMILES string of the molecule is CCCC(C)CC1(N)COc2ccccc2C1. The maximum Gasteiger partial charge on any atom is 0.122 e. The van der Waals surface area contributed by atoms with Crippen molar-refractivity contribution in [2.24, 2.45) is 11.7 Å². The van der Waals surface area contributed by atoms with Crippen molar-refractivity contribution in [1.29, 1.82) is 0 Å². The fraction of sp³-hybridized carbons (Fsp3) is 0.600. The smallest absolute Gasteiger partial charge is 0.122 e. The third kappa shape index (κ3) is 3.01. The van der Waals surface area contributed by atoms with Crippen LogP contribution in [-0.4, -0.2) is 12.1 Å². The van der Waals surface area contributed by atoms with Crippen LogP contribution >= 0.6 is 0 Å². The summed E-state index contributed by atoms with van der Waals surface area (Å²) < 4.78 is 5.79. The fourth-order valence-corrected chi connectivity index (χ4v) is 2.86. The third-order valence-corrected chi connectivity index (χ3v) is 3.57. The zero-order valence-corrected chi connectivity index (χ0v) is 10.9. The van der Waals surface area contributed by atoms with Gasteiger partial charge >= 0.3 is 0 Å². The fourth-order valence-electron chi connectivity index (χ4n) is 2.86. The van der Waals surface area contributed by atoms with E-state index >= 15 is 0 Å². The van der Waals surface area contributed by atoms with E-state index in [9.17, 15) is 0 Å². The highest BCUT2D eigenvalue weighted by Gasteiger charge is 2.32. The Hall–Kier alpha value is -1.02. The summed E-state index contributed by atoms with van der Waals surface area (Å²) in [5, 5.41) is 0. The van der Waals surface area contributed by atoms with Crippen molar-refractivity contribution in [3.8, 4) is 5.75 Å². The molecule has 0 spiro atoms. The Labute approximate surface area is 104 Å². The molecule has 0 radical (unpaired) electrons. The molecule has 1 aromatic rings. The third-order valence-electron chi connectivity index (χ3n) is 3.57. The maximum atomic E-state index is 6.48. The molecule has 0 aromatic heterocycles. The van der Waals surface area contributed by atoms with Crippen LogP contribution in [0, 0.1) is 5.92 Å². The van der Waals surface area contributed by atoms with Gasteiger partial charge in [0, 0.05) is 0 Å². The molecular formula is C15H23NO. The van der Waals surface area contributed by atoms with Crippen LogP contribution in [0.1, 0.15) is 38.7 Å². The van der Waals surface area contributed by atoms with E-state index in [2.05, 4.69) is 26.0 Å². The molecule has 2 unspecified atom stereocenters. The molecule has 94 valence electrons. The summed E-state index contributed by atoms with van der Waals surface area (Å²) in [5.41, 5.74) is 7.56. The van der Waals surface area contributed by atoms with E-state index in [1.807, 2.05) is 12.1 Å². The zero-order chi connectivity index (χ0) is 12.3. The Bertz CT molecular complexity index is 377. The molecule has 0 bridgehead atoms. The molecule has 0 saturated carbocycles. The second kappa shape index (κ2) is 5.09. The van der Waals surface area contributed by atoms with E-state index in [0.717, 1.165) is 18.6 Å². The van der Waals surface area contributed by atoms with Gasteiger partial charge in [-0.1, -0.05) is 44.9 Å². The number of rotatable bonds is 4. The highest BCUT2D eigenvalue weighted by atomic mass is 16.5. The first-order valence-electron chi connectivity index (χ1n) is 6.62. The van der Waals surface area contributed by atoms with E-state index in [1.54, 1.807) is 0 Å². The molecule has 2 N–H and O–H groups in total. The Balaban J connectivity index is 2.05. The highest BCUT2D eigenvalue weighted by Crippen LogP contribution is 2.32. The van der Waals surface area contributed by atoms with Gasteiger partial charge in [-0.2, -0.15) is 0 Å². The van der Waals surface area contributed by atoms with Gasteiger partial charge in [0.1, 0.15) is 12.4 Å². The second-order valence-electron chi connectivity index (χ2n) is 5.53. The molecule has 2 heteroatoms. The molecule has 17 heavy (non-hydrogen) atoms. The quantitative estimate of drug-likeness (QED) is 0.867.